The molecule has 0 unspecified atom stereocenters. The fraction of sp³-hybridized carbons (Fsp3) is 0.478. The van der Waals surface area contributed by atoms with Gasteiger partial charge in [-0.25, -0.2) is 14.8 Å². The van der Waals surface area contributed by atoms with E-state index in [0.717, 1.165) is 6.21 Å². The highest BCUT2D eigenvalue weighted by Crippen LogP contribution is 2.10. The number of rotatable bonds is 14. The predicted molar refractivity (Wildman–Crippen MR) is 127 cm³/mol. The van der Waals surface area contributed by atoms with E-state index in [1.165, 1.54) is 24.5 Å². The fourth-order valence-electron chi connectivity index (χ4n) is 2.20. The molecule has 0 bridgehead atoms. The minimum atomic E-state index is -1.19. The van der Waals surface area contributed by atoms with E-state index in [1.807, 2.05) is 0 Å². The lowest BCUT2D eigenvalue weighted by molar-refractivity contribution is -0.125. The van der Waals surface area contributed by atoms with Gasteiger partial charge in [0.05, 0.1) is 31.3 Å². The Balaban J connectivity index is 2.45. The molecule has 0 aromatic carbocycles. The van der Waals surface area contributed by atoms with Gasteiger partial charge in [0.2, 0.25) is 11.8 Å². The van der Waals surface area contributed by atoms with Crippen LogP contribution in [0.25, 0.3) is 0 Å². The van der Waals surface area contributed by atoms with Gasteiger partial charge in [-0.2, -0.15) is 0 Å². The summed E-state index contributed by atoms with van der Waals surface area (Å²) in [6, 6.07) is 5.53. The lowest BCUT2D eigenvalue weighted by atomic mass is 10.1. The highest BCUT2D eigenvalue weighted by Gasteiger charge is 2.28. The number of allylic oxidation sites excluding steroid dienone is 1. The van der Waals surface area contributed by atoms with Crippen molar-refractivity contribution in [3.8, 4) is 0 Å². The molecule has 1 rings (SSSR count). The second-order valence-corrected chi connectivity index (χ2v) is 7.99. The first-order chi connectivity index (χ1) is 16.1. The third-order valence-corrected chi connectivity index (χ3v) is 4.29. The first-order valence-electron chi connectivity index (χ1n) is 10.7. The number of pyridine rings is 1. The van der Waals surface area contributed by atoms with Crippen LogP contribution >= 0.6 is 0 Å². The maximum Gasteiger partial charge on any atom is 0.338 e. The van der Waals surface area contributed by atoms with Crippen LogP contribution in [-0.2, 0) is 19.1 Å². The molecule has 184 valence electrons. The van der Waals surface area contributed by atoms with Gasteiger partial charge in [-0.3, -0.25) is 14.6 Å². The summed E-state index contributed by atoms with van der Waals surface area (Å²) < 4.78 is 10.4. The van der Waals surface area contributed by atoms with Crippen LogP contribution in [0.5, 0.6) is 0 Å². The smallest absolute Gasteiger partial charge is 0.338 e. The van der Waals surface area contributed by atoms with E-state index in [0.29, 0.717) is 25.3 Å². The molecule has 0 aliphatic rings. The van der Waals surface area contributed by atoms with Crippen molar-refractivity contribution >= 4 is 30.0 Å². The summed E-state index contributed by atoms with van der Waals surface area (Å²) in [5.41, 5.74) is -1.96. The summed E-state index contributed by atoms with van der Waals surface area (Å²) in [6.45, 7) is 7.42. The summed E-state index contributed by atoms with van der Waals surface area (Å²) in [6.07, 6.45) is 7.37. The zero-order valence-electron chi connectivity index (χ0n) is 20.0. The number of hydrogen-bond acceptors (Lipinski definition) is 9. The summed E-state index contributed by atoms with van der Waals surface area (Å²) in [4.78, 5) is 48.5. The Morgan fingerprint density at radius 2 is 1.59 bits per heavy atom. The number of ether oxygens (including phenoxy) is 2. The molecule has 2 amide bonds. The third-order valence-electron chi connectivity index (χ3n) is 4.29. The van der Waals surface area contributed by atoms with Crippen molar-refractivity contribution in [1.82, 2.24) is 15.6 Å². The Bertz CT molecular complexity index is 921. The van der Waals surface area contributed by atoms with Gasteiger partial charge in [0.1, 0.15) is 17.7 Å². The van der Waals surface area contributed by atoms with Crippen molar-refractivity contribution in [2.24, 2.45) is 9.98 Å². The van der Waals surface area contributed by atoms with Crippen LogP contribution in [0, 0.1) is 5.41 Å². The fourth-order valence-corrected chi connectivity index (χ4v) is 2.20. The van der Waals surface area contributed by atoms with Gasteiger partial charge >= 0.3 is 5.97 Å². The maximum absolute atomic E-state index is 12.4. The largest absolute Gasteiger partial charge is 0.460 e. The minimum absolute atomic E-state index is 0.00332. The molecule has 34 heavy (non-hydrogen) atoms. The zero-order valence-corrected chi connectivity index (χ0v) is 20.0. The van der Waals surface area contributed by atoms with Gasteiger partial charge in [-0.1, -0.05) is 6.08 Å². The first-order valence-corrected chi connectivity index (χ1v) is 10.7. The Morgan fingerprint density at radius 3 is 2.15 bits per heavy atom. The topological polar surface area (TPSA) is 155 Å². The summed E-state index contributed by atoms with van der Waals surface area (Å²) in [7, 11) is 0. The minimum Gasteiger partial charge on any atom is -0.460 e. The first kappa shape index (κ1) is 28.3. The molecule has 0 spiro atoms. The van der Waals surface area contributed by atoms with Crippen molar-refractivity contribution in [2.45, 2.75) is 38.8 Å². The summed E-state index contributed by atoms with van der Waals surface area (Å²) in [5, 5.41) is 12.2. The molecule has 0 aliphatic carbocycles. The highest BCUT2D eigenvalue weighted by molar-refractivity contribution is 5.89. The monoisotopic (exact) mass is 472 g/mol. The molecule has 11 nitrogen and oxygen atoms in total. The van der Waals surface area contributed by atoms with Crippen LogP contribution in [0.4, 0.5) is 0 Å². The molecule has 0 radical (unpaired) electrons. The second-order valence-electron chi connectivity index (χ2n) is 7.99. The van der Waals surface area contributed by atoms with E-state index in [-0.39, 0.29) is 19.1 Å². The van der Waals surface area contributed by atoms with E-state index in [1.54, 1.807) is 39.8 Å². The summed E-state index contributed by atoms with van der Waals surface area (Å²) >= 11 is 0. The third kappa shape index (κ3) is 10.8. The van der Waals surface area contributed by atoms with Gasteiger partial charge in [-0.15, -0.1) is 0 Å². The molecular formula is C23H32N6O5. The van der Waals surface area contributed by atoms with Crippen molar-refractivity contribution in [3.05, 3.63) is 42.2 Å². The number of nitrogens with one attached hydrogen (secondary N) is 3. The number of aliphatic imine (C=N–C) groups is 2. The number of esters is 1. The van der Waals surface area contributed by atoms with Gasteiger partial charge in [0.15, 0.2) is 0 Å². The lowest BCUT2D eigenvalue weighted by Crippen LogP contribution is -2.43. The van der Waals surface area contributed by atoms with Crippen LogP contribution in [0.1, 0.15) is 38.1 Å². The maximum atomic E-state index is 12.4. The van der Waals surface area contributed by atoms with Gasteiger partial charge in [0.25, 0.3) is 0 Å². The molecule has 0 aliphatic heterocycles. The van der Waals surface area contributed by atoms with E-state index >= 15 is 0 Å². The van der Waals surface area contributed by atoms with Crippen molar-refractivity contribution < 1.29 is 23.9 Å². The van der Waals surface area contributed by atoms with Crippen LogP contribution in [-0.4, -0.2) is 79.0 Å². The second kappa shape index (κ2) is 14.5. The number of carbonyl (C=O) groups excluding carboxylic acids is 3. The number of amides is 2. The lowest BCUT2D eigenvalue weighted by Gasteiger charge is -2.19. The van der Waals surface area contributed by atoms with Gasteiger partial charge in [-0.05, 0) is 45.9 Å². The number of hydrogen-bond donors (Lipinski definition) is 3. The predicted octanol–water partition coefficient (Wildman–Crippen LogP) is 1.42. The molecule has 11 heteroatoms. The summed E-state index contributed by atoms with van der Waals surface area (Å²) in [5.74, 6) is -1.26. The molecule has 3 N–H and O–H groups in total. The van der Waals surface area contributed by atoms with E-state index in [4.69, 9.17) is 14.9 Å². The van der Waals surface area contributed by atoms with Gasteiger partial charge in [0, 0.05) is 25.2 Å². The van der Waals surface area contributed by atoms with Crippen LogP contribution < -0.4 is 10.6 Å². The van der Waals surface area contributed by atoms with E-state index in [2.05, 4.69) is 31.6 Å². The normalized spacial score (nSPS) is 11.3. The molecule has 0 saturated carbocycles. The van der Waals surface area contributed by atoms with Crippen molar-refractivity contribution in [3.63, 3.8) is 0 Å². The Labute approximate surface area is 199 Å². The standard InChI is InChI=1S/C23H32N6O5/c1-22(2,20(31)26-12-15-33-14-6-5-9-24)28-17-29-23(3,4)21(32)27-13-16-34-19(30)18-7-10-25-11-8-18/h5-11,24H,12-16H2,1-4H3,(H,26,31)(H,27,32)/b6-5+,24-9?. The van der Waals surface area contributed by atoms with Crippen LogP contribution in [0.3, 0.4) is 0 Å². The van der Waals surface area contributed by atoms with Crippen LogP contribution in [0.2, 0.25) is 0 Å². The van der Waals surface area contributed by atoms with Crippen LogP contribution in [0.15, 0.2) is 46.7 Å². The zero-order chi connectivity index (χ0) is 25.5. The molecule has 0 saturated heterocycles. The highest BCUT2D eigenvalue weighted by atomic mass is 16.5. The Morgan fingerprint density at radius 1 is 1.03 bits per heavy atom. The average Bonchev–Trinajstić information content (AvgIpc) is 2.81. The quantitative estimate of drug-likeness (QED) is 0.211. The molecule has 0 atom stereocenters. The van der Waals surface area contributed by atoms with Crippen molar-refractivity contribution in [1.29, 1.82) is 5.41 Å². The molecule has 0 fully saturated rings. The van der Waals surface area contributed by atoms with E-state index < -0.39 is 23.0 Å². The van der Waals surface area contributed by atoms with Gasteiger partial charge < -0.3 is 25.5 Å². The van der Waals surface area contributed by atoms with Crippen molar-refractivity contribution in [2.75, 3.05) is 32.9 Å². The Hall–Kier alpha value is -3.69. The number of nitrogens with zero attached hydrogens (tertiary/aromatic N) is 3. The molecule has 1 aromatic heterocycles. The number of carbonyl (C=O) groups is 3. The Kier molecular flexibility index (Phi) is 12.1. The number of aromatic nitrogens is 1. The molecule has 1 aromatic rings. The molecule has 1 heterocycles. The average molecular weight is 473 g/mol. The molecular weight excluding hydrogens is 440 g/mol. The van der Waals surface area contributed by atoms with E-state index in [9.17, 15) is 14.4 Å². The SMILES string of the molecule is CC(C)(N=C=NC(C)(C)C(=O)NCCOC(=O)c1ccncc1)C(=O)NCCOC/C=C/C=N.